The van der Waals surface area contributed by atoms with Crippen molar-refractivity contribution >= 4 is 5.69 Å². The minimum absolute atomic E-state index is 0.171. The van der Waals surface area contributed by atoms with Gasteiger partial charge in [-0.15, -0.1) is 0 Å². The van der Waals surface area contributed by atoms with Gasteiger partial charge in [0.05, 0.1) is 12.1 Å². The van der Waals surface area contributed by atoms with Crippen LogP contribution in [-0.4, -0.2) is 17.3 Å². The Labute approximate surface area is 91.3 Å². The van der Waals surface area contributed by atoms with Crippen LogP contribution in [0.1, 0.15) is 31.7 Å². The van der Waals surface area contributed by atoms with Crippen molar-refractivity contribution in [1.29, 1.82) is 0 Å². The number of hydrogen-bond acceptors (Lipinski definition) is 2. The molecule has 0 unspecified atom stereocenters. The van der Waals surface area contributed by atoms with E-state index in [-0.39, 0.29) is 12.1 Å². The molecule has 1 aromatic rings. The van der Waals surface area contributed by atoms with E-state index in [1.54, 1.807) is 0 Å². The Morgan fingerprint density at radius 3 is 2.80 bits per heavy atom. The zero-order valence-electron chi connectivity index (χ0n) is 9.24. The number of benzene rings is 1. The zero-order valence-corrected chi connectivity index (χ0v) is 9.24. The van der Waals surface area contributed by atoms with Crippen LogP contribution in [-0.2, 0) is 6.42 Å². The van der Waals surface area contributed by atoms with Crippen LogP contribution in [0, 0.1) is 0 Å². The summed E-state index contributed by atoms with van der Waals surface area (Å²) >= 11 is 0. The maximum atomic E-state index is 9.75. The lowest BCUT2D eigenvalue weighted by molar-refractivity contribution is 0.172. The van der Waals surface area contributed by atoms with Crippen LogP contribution >= 0.6 is 0 Å². The Hall–Kier alpha value is -1.02. The molecule has 2 nitrogen and oxygen atoms in total. The number of aryl methyl sites for hydroxylation is 1. The fraction of sp³-hybridized carbons (Fsp3) is 0.538. The van der Waals surface area contributed by atoms with E-state index in [1.165, 1.54) is 11.3 Å². The van der Waals surface area contributed by atoms with Gasteiger partial charge in [-0.25, -0.2) is 0 Å². The molecule has 1 fully saturated rings. The van der Waals surface area contributed by atoms with E-state index in [0.29, 0.717) is 0 Å². The standard InChI is InChI=1S/C13H19NO/c1-2-10-6-3-4-7-11(10)14-12-8-5-9-13(12)15/h3-4,6-7,12-15H,2,5,8-9H2,1H3/t12-,13-/m0/s1. The van der Waals surface area contributed by atoms with Crippen molar-refractivity contribution in [2.75, 3.05) is 5.32 Å². The Morgan fingerprint density at radius 1 is 1.33 bits per heavy atom. The van der Waals surface area contributed by atoms with Gasteiger partial charge in [-0.05, 0) is 37.3 Å². The minimum atomic E-state index is -0.171. The van der Waals surface area contributed by atoms with Crippen molar-refractivity contribution in [3.63, 3.8) is 0 Å². The quantitative estimate of drug-likeness (QED) is 0.795. The summed E-state index contributed by atoms with van der Waals surface area (Å²) < 4.78 is 0. The van der Waals surface area contributed by atoms with Crippen LogP contribution in [0.3, 0.4) is 0 Å². The van der Waals surface area contributed by atoms with Gasteiger partial charge < -0.3 is 10.4 Å². The smallest absolute Gasteiger partial charge is 0.0741 e. The second-order valence-electron chi connectivity index (χ2n) is 4.26. The topological polar surface area (TPSA) is 32.3 Å². The molecular formula is C13H19NO. The summed E-state index contributed by atoms with van der Waals surface area (Å²) in [7, 11) is 0. The molecule has 0 aliphatic heterocycles. The lowest BCUT2D eigenvalue weighted by Crippen LogP contribution is -2.28. The second kappa shape index (κ2) is 4.67. The molecule has 2 rings (SSSR count). The van der Waals surface area contributed by atoms with Crippen LogP contribution in [0.25, 0.3) is 0 Å². The molecule has 0 aromatic heterocycles. The van der Waals surface area contributed by atoms with Crippen molar-refractivity contribution < 1.29 is 5.11 Å². The Kier molecular flexibility index (Phi) is 3.27. The van der Waals surface area contributed by atoms with E-state index in [9.17, 15) is 5.11 Å². The van der Waals surface area contributed by atoms with E-state index in [4.69, 9.17) is 0 Å². The van der Waals surface area contributed by atoms with Crippen molar-refractivity contribution in [1.82, 2.24) is 0 Å². The summed E-state index contributed by atoms with van der Waals surface area (Å²) in [4.78, 5) is 0. The lowest BCUT2D eigenvalue weighted by atomic mass is 10.1. The normalized spacial score (nSPS) is 25.5. The molecule has 0 spiro atoms. The molecule has 0 radical (unpaired) electrons. The monoisotopic (exact) mass is 205 g/mol. The molecule has 0 amide bonds. The number of aliphatic hydroxyl groups is 1. The van der Waals surface area contributed by atoms with E-state index in [2.05, 4.69) is 30.4 Å². The molecule has 1 aliphatic rings. The summed E-state index contributed by atoms with van der Waals surface area (Å²) in [5.41, 5.74) is 2.52. The third-order valence-corrected chi connectivity index (χ3v) is 3.22. The molecule has 0 bridgehead atoms. The number of hydrogen-bond donors (Lipinski definition) is 2. The highest BCUT2D eigenvalue weighted by molar-refractivity contribution is 5.52. The number of nitrogens with one attached hydrogen (secondary N) is 1. The highest BCUT2D eigenvalue weighted by Crippen LogP contribution is 2.25. The number of rotatable bonds is 3. The summed E-state index contributed by atoms with van der Waals surface area (Å²) in [6.45, 7) is 2.16. The summed E-state index contributed by atoms with van der Waals surface area (Å²) in [6, 6.07) is 8.60. The molecule has 2 atom stereocenters. The molecule has 82 valence electrons. The second-order valence-corrected chi connectivity index (χ2v) is 4.26. The maximum absolute atomic E-state index is 9.75. The third-order valence-electron chi connectivity index (χ3n) is 3.22. The number of anilines is 1. The SMILES string of the molecule is CCc1ccccc1N[C@H]1CCC[C@@H]1O. The van der Waals surface area contributed by atoms with Gasteiger partial charge in [-0.3, -0.25) is 0 Å². The van der Waals surface area contributed by atoms with Gasteiger partial charge in [0, 0.05) is 5.69 Å². The zero-order chi connectivity index (χ0) is 10.7. The van der Waals surface area contributed by atoms with Crippen LogP contribution in [0.2, 0.25) is 0 Å². The molecule has 1 aromatic carbocycles. The van der Waals surface area contributed by atoms with Crippen molar-refractivity contribution in [2.45, 2.75) is 44.8 Å². The number of aliphatic hydroxyl groups excluding tert-OH is 1. The van der Waals surface area contributed by atoms with Crippen molar-refractivity contribution in [3.05, 3.63) is 29.8 Å². The summed E-state index contributed by atoms with van der Waals surface area (Å²) in [5, 5.41) is 13.2. The predicted octanol–water partition coefficient (Wildman–Crippen LogP) is 2.57. The highest BCUT2D eigenvalue weighted by atomic mass is 16.3. The Balaban J connectivity index is 2.09. The predicted molar refractivity (Wildman–Crippen MR) is 63.1 cm³/mol. The molecule has 2 N–H and O–H groups in total. The van der Waals surface area contributed by atoms with Crippen LogP contribution in [0.4, 0.5) is 5.69 Å². The first-order chi connectivity index (χ1) is 7.31. The van der Waals surface area contributed by atoms with Crippen molar-refractivity contribution in [2.24, 2.45) is 0 Å². The highest BCUT2D eigenvalue weighted by Gasteiger charge is 2.25. The van der Waals surface area contributed by atoms with Crippen LogP contribution < -0.4 is 5.32 Å². The first kappa shape index (κ1) is 10.5. The van der Waals surface area contributed by atoms with E-state index in [1.807, 2.05) is 6.07 Å². The molecule has 0 heterocycles. The Morgan fingerprint density at radius 2 is 2.13 bits per heavy atom. The first-order valence-electron chi connectivity index (χ1n) is 5.83. The van der Waals surface area contributed by atoms with Gasteiger partial charge in [0.1, 0.15) is 0 Å². The fourth-order valence-electron chi connectivity index (χ4n) is 2.28. The summed E-state index contributed by atoms with van der Waals surface area (Å²) in [5.74, 6) is 0. The van der Waals surface area contributed by atoms with Gasteiger partial charge in [-0.1, -0.05) is 25.1 Å². The fourth-order valence-corrected chi connectivity index (χ4v) is 2.28. The van der Waals surface area contributed by atoms with Gasteiger partial charge in [-0.2, -0.15) is 0 Å². The average molecular weight is 205 g/mol. The van der Waals surface area contributed by atoms with Crippen molar-refractivity contribution in [3.8, 4) is 0 Å². The van der Waals surface area contributed by atoms with Crippen LogP contribution in [0.5, 0.6) is 0 Å². The van der Waals surface area contributed by atoms with E-state index >= 15 is 0 Å². The molecular weight excluding hydrogens is 186 g/mol. The largest absolute Gasteiger partial charge is 0.391 e. The summed E-state index contributed by atoms with van der Waals surface area (Å²) in [6.07, 6.45) is 4.01. The van der Waals surface area contributed by atoms with Gasteiger partial charge in [0.25, 0.3) is 0 Å². The maximum Gasteiger partial charge on any atom is 0.0741 e. The Bertz CT molecular complexity index is 324. The van der Waals surface area contributed by atoms with E-state index < -0.39 is 0 Å². The molecule has 1 saturated carbocycles. The van der Waals surface area contributed by atoms with Crippen LogP contribution in [0.15, 0.2) is 24.3 Å². The molecule has 2 heteroatoms. The average Bonchev–Trinajstić information content (AvgIpc) is 2.65. The third kappa shape index (κ3) is 2.32. The number of para-hydroxylation sites is 1. The van der Waals surface area contributed by atoms with Gasteiger partial charge in [0.15, 0.2) is 0 Å². The minimum Gasteiger partial charge on any atom is -0.391 e. The molecule has 15 heavy (non-hydrogen) atoms. The van der Waals surface area contributed by atoms with Gasteiger partial charge in [0.2, 0.25) is 0 Å². The lowest BCUT2D eigenvalue weighted by Gasteiger charge is -2.19. The van der Waals surface area contributed by atoms with E-state index in [0.717, 1.165) is 25.7 Å². The first-order valence-corrected chi connectivity index (χ1v) is 5.83. The molecule has 0 saturated heterocycles. The van der Waals surface area contributed by atoms with Gasteiger partial charge >= 0.3 is 0 Å². The molecule has 1 aliphatic carbocycles.